The Morgan fingerprint density at radius 1 is 0.838 bits per heavy atom. The van der Waals surface area contributed by atoms with Gasteiger partial charge in [-0.05, 0) is 74.4 Å². The lowest BCUT2D eigenvalue weighted by molar-refractivity contribution is 0.0656. The largest absolute Gasteiger partial charge is 0.424 e. The highest BCUT2D eigenvalue weighted by atomic mass is 16.5. The first-order valence-electron chi connectivity index (χ1n) is 11.8. The van der Waals surface area contributed by atoms with Crippen molar-refractivity contribution in [1.82, 2.24) is 14.9 Å². The van der Waals surface area contributed by atoms with Crippen molar-refractivity contribution < 1.29 is 19.1 Å². The van der Waals surface area contributed by atoms with E-state index in [2.05, 4.69) is 15.3 Å². The molecule has 0 radical (unpaired) electrons. The smallest absolute Gasteiger partial charge is 0.322 e. The molecule has 0 unspecified atom stereocenters. The monoisotopic (exact) mass is 492 g/mol. The number of ether oxygens (including phenoxy) is 1. The van der Waals surface area contributed by atoms with Gasteiger partial charge in [-0.1, -0.05) is 30.3 Å². The summed E-state index contributed by atoms with van der Waals surface area (Å²) in [5.74, 6) is -0.593. The number of nitrogens with zero attached hydrogens (tertiary/aromatic N) is 3. The van der Waals surface area contributed by atoms with Crippen LogP contribution in [0.25, 0.3) is 0 Å². The van der Waals surface area contributed by atoms with Crippen molar-refractivity contribution in [1.29, 1.82) is 0 Å². The summed E-state index contributed by atoms with van der Waals surface area (Å²) < 4.78 is 5.71. The molecular formula is C29H24N4O4. The molecule has 1 aliphatic rings. The first-order chi connectivity index (χ1) is 17.9. The van der Waals surface area contributed by atoms with Crippen LogP contribution >= 0.6 is 0 Å². The Balaban J connectivity index is 1.24. The van der Waals surface area contributed by atoms with E-state index in [1.165, 1.54) is 17.0 Å². The van der Waals surface area contributed by atoms with Crippen molar-refractivity contribution in [3.05, 3.63) is 113 Å². The lowest BCUT2D eigenvalue weighted by Crippen LogP contribution is -2.31. The molecule has 0 fully saturated rings. The van der Waals surface area contributed by atoms with Crippen LogP contribution in [0.1, 0.15) is 48.0 Å². The lowest BCUT2D eigenvalue weighted by Gasteiger charge is -2.13. The van der Waals surface area contributed by atoms with Crippen LogP contribution in [0.2, 0.25) is 0 Å². The average molecular weight is 493 g/mol. The van der Waals surface area contributed by atoms with Gasteiger partial charge in [-0.15, -0.1) is 0 Å². The van der Waals surface area contributed by atoms with Gasteiger partial charge in [-0.25, -0.2) is 9.97 Å². The van der Waals surface area contributed by atoms with Crippen LogP contribution in [0.15, 0.2) is 78.9 Å². The van der Waals surface area contributed by atoms with Crippen molar-refractivity contribution in [2.45, 2.75) is 20.3 Å². The first kappa shape index (κ1) is 23.9. The number of rotatable bonds is 7. The highest BCUT2D eigenvalue weighted by molar-refractivity contribution is 6.22. The summed E-state index contributed by atoms with van der Waals surface area (Å²) in [6.07, 6.45) is 0.564. The SMILES string of the molecule is Cc1cc(C)nc(Oc2ccc(NC(=O)c3ccc4c(c3)C(=O)N(CCc3ccccc3)C4=O)cc2)n1. The van der Waals surface area contributed by atoms with Crippen molar-refractivity contribution in [3.63, 3.8) is 0 Å². The molecule has 37 heavy (non-hydrogen) atoms. The molecule has 8 nitrogen and oxygen atoms in total. The Kier molecular flexibility index (Phi) is 6.47. The second-order valence-electron chi connectivity index (χ2n) is 8.77. The number of fused-ring (bicyclic) bond motifs is 1. The zero-order chi connectivity index (χ0) is 25.9. The van der Waals surface area contributed by atoms with Gasteiger partial charge in [-0.3, -0.25) is 19.3 Å². The van der Waals surface area contributed by atoms with Crippen LogP contribution in [0, 0.1) is 13.8 Å². The molecule has 1 N–H and O–H groups in total. The maximum atomic E-state index is 12.9. The third-order valence-electron chi connectivity index (χ3n) is 5.98. The molecule has 3 aromatic carbocycles. The number of aryl methyl sites for hydroxylation is 2. The van der Waals surface area contributed by atoms with Crippen LogP contribution < -0.4 is 10.1 Å². The number of hydrogen-bond acceptors (Lipinski definition) is 6. The quantitative estimate of drug-likeness (QED) is 0.365. The number of hydrogen-bond donors (Lipinski definition) is 1. The number of carbonyl (C=O) groups excluding carboxylic acids is 3. The minimum Gasteiger partial charge on any atom is -0.424 e. The van der Waals surface area contributed by atoms with Gasteiger partial charge in [0.1, 0.15) is 5.75 Å². The summed E-state index contributed by atoms with van der Waals surface area (Å²) in [6.45, 7) is 4.01. The number of imide groups is 1. The van der Waals surface area contributed by atoms with Gasteiger partial charge < -0.3 is 10.1 Å². The fourth-order valence-corrected chi connectivity index (χ4v) is 4.17. The average Bonchev–Trinajstić information content (AvgIpc) is 3.12. The molecular weight excluding hydrogens is 468 g/mol. The Hall–Kier alpha value is -4.85. The number of aromatic nitrogens is 2. The highest BCUT2D eigenvalue weighted by Gasteiger charge is 2.35. The van der Waals surface area contributed by atoms with E-state index >= 15 is 0 Å². The molecule has 0 saturated heterocycles. The van der Waals surface area contributed by atoms with E-state index in [0.29, 0.717) is 23.4 Å². The molecule has 0 saturated carbocycles. The third-order valence-corrected chi connectivity index (χ3v) is 5.98. The van der Waals surface area contributed by atoms with Gasteiger partial charge >= 0.3 is 6.01 Å². The second kappa shape index (κ2) is 10.0. The molecule has 3 amide bonds. The normalized spacial score (nSPS) is 12.4. The summed E-state index contributed by atoms with van der Waals surface area (Å²) in [5.41, 5.74) is 4.03. The van der Waals surface area contributed by atoms with E-state index in [-0.39, 0.29) is 35.5 Å². The molecule has 0 bridgehead atoms. The van der Waals surface area contributed by atoms with Gasteiger partial charge in [0.15, 0.2) is 0 Å². The molecule has 0 aliphatic carbocycles. The molecule has 184 valence electrons. The zero-order valence-corrected chi connectivity index (χ0v) is 20.4. The Bertz CT molecular complexity index is 1480. The zero-order valence-electron chi connectivity index (χ0n) is 20.4. The number of carbonyl (C=O) groups is 3. The molecule has 1 aliphatic heterocycles. The molecule has 5 rings (SSSR count). The first-order valence-corrected chi connectivity index (χ1v) is 11.8. The van der Waals surface area contributed by atoms with Gasteiger partial charge in [0.05, 0.1) is 11.1 Å². The number of nitrogens with one attached hydrogen (secondary N) is 1. The van der Waals surface area contributed by atoms with Gasteiger partial charge in [0, 0.05) is 29.2 Å². The second-order valence-corrected chi connectivity index (χ2v) is 8.77. The summed E-state index contributed by atoms with van der Waals surface area (Å²) in [6, 6.07) is 23.1. The molecule has 8 heteroatoms. The van der Waals surface area contributed by atoms with E-state index in [4.69, 9.17) is 4.74 Å². The lowest BCUT2D eigenvalue weighted by atomic mass is 10.1. The van der Waals surface area contributed by atoms with Crippen molar-refractivity contribution in [2.75, 3.05) is 11.9 Å². The molecule has 0 atom stereocenters. The fourth-order valence-electron chi connectivity index (χ4n) is 4.17. The number of amides is 3. The summed E-state index contributed by atoms with van der Waals surface area (Å²) in [7, 11) is 0. The fraction of sp³-hybridized carbons (Fsp3) is 0.138. The Morgan fingerprint density at radius 2 is 1.51 bits per heavy atom. The summed E-state index contributed by atoms with van der Waals surface area (Å²) in [4.78, 5) is 48.3. The number of anilines is 1. The Morgan fingerprint density at radius 3 is 2.22 bits per heavy atom. The number of benzene rings is 3. The van der Waals surface area contributed by atoms with Crippen LogP contribution in [0.5, 0.6) is 11.8 Å². The van der Waals surface area contributed by atoms with Crippen LogP contribution in [0.4, 0.5) is 5.69 Å². The van der Waals surface area contributed by atoms with Crippen molar-refractivity contribution in [3.8, 4) is 11.8 Å². The van der Waals surface area contributed by atoms with Gasteiger partial charge in [0.2, 0.25) is 0 Å². The van der Waals surface area contributed by atoms with Crippen molar-refractivity contribution >= 4 is 23.4 Å². The topological polar surface area (TPSA) is 101 Å². The molecule has 4 aromatic rings. The van der Waals surface area contributed by atoms with E-state index < -0.39 is 5.91 Å². The van der Waals surface area contributed by atoms with E-state index in [0.717, 1.165) is 17.0 Å². The molecule has 1 aromatic heterocycles. The maximum Gasteiger partial charge on any atom is 0.322 e. The van der Waals surface area contributed by atoms with Crippen LogP contribution in [-0.4, -0.2) is 39.1 Å². The minimum atomic E-state index is -0.392. The van der Waals surface area contributed by atoms with Crippen molar-refractivity contribution in [2.24, 2.45) is 0 Å². The van der Waals surface area contributed by atoms with E-state index in [9.17, 15) is 14.4 Å². The van der Waals surface area contributed by atoms with Gasteiger partial charge in [0.25, 0.3) is 17.7 Å². The third kappa shape index (κ3) is 5.23. The van der Waals surface area contributed by atoms with E-state index in [1.807, 2.05) is 50.2 Å². The van der Waals surface area contributed by atoms with E-state index in [1.54, 1.807) is 30.3 Å². The summed E-state index contributed by atoms with van der Waals surface area (Å²) in [5, 5.41) is 2.81. The standard InChI is InChI=1S/C29H24N4O4/c1-18-16-19(2)31-29(30-18)37-23-11-9-22(10-12-23)32-26(34)21-8-13-24-25(17-21)28(36)33(27(24)35)15-14-20-6-4-3-5-7-20/h3-13,16-17H,14-15H2,1-2H3,(H,32,34). The Labute approximate surface area is 213 Å². The highest BCUT2D eigenvalue weighted by Crippen LogP contribution is 2.26. The maximum absolute atomic E-state index is 12.9. The van der Waals surface area contributed by atoms with Crippen LogP contribution in [-0.2, 0) is 6.42 Å². The predicted molar refractivity (Wildman–Crippen MR) is 138 cm³/mol. The van der Waals surface area contributed by atoms with Crippen LogP contribution in [0.3, 0.4) is 0 Å². The minimum absolute atomic E-state index is 0.239. The van der Waals surface area contributed by atoms with Gasteiger partial charge in [-0.2, -0.15) is 0 Å². The molecule has 0 spiro atoms. The molecule has 2 heterocycles. The summed E-state index contributed by atoms with van der Waals surface area (Å²) >= 11 is 0. The predicted octanol–water partition coefficient (Wildman–Crippen LogP) is 4.98.